The quantitative estimate of drug-likeness (QED) is 0.341. The Morgan fingerprint density at radius 3 is 2.43 bits per heavy atom. The molecule has 1 saturated heterocycles. The van der Waals surface area contributed by atoms with Crippen LogP contribution in [-0.2, 0) is 0 Å². The second-order valence-corrected chi connectivity index (χ2v) is 4.58. The smallest absolute Gasteiger partial charge is 0.0519 e. The summed E-state index contributed by atoms with van der Waals surface area (Å²) in [6.45, 7) is 11.9. The Morgan fingerprint density at radius 2 is 2.00 bits per heavy atom. The fraction of sp³-hybridized carbons (Fsp3) is 0.846. The molecule has 3 unspecified atom stereocenters. The highest BCUT2D eigenvalue weighted by atomic mass is 15.4. The molecule has 0 N–H and O–H groups in total. The molecule has 0 aliphatic carbocycles. The van der Waals surface area contributed by atoms with Crippen molar-refractivity contribution in [3.05, 3.63) is 12.7 Å². The molecule has 1 nitrogen and oxygen atoms in total. The summed E-state index contributed by atoms with van der Waals surface area (Å²) in [6.07, 6.45) is 9.00. The van der Waals surface area contributed by atoms with E-state index in [-0.39, 0.29) is 0 Å². The Balaban J connectivity index is 2.23. The molecule has 3 atom stereocenters. The van der Waals surface area contributed by atoms with E-state index in [1.165, 1.54) is 38.6 Å². The second-order valence-electron chi connectivity index (χ2n) is 4.58. The minimum Gasteiger partial charge on any atom is -0.288 e. The molecule has 0 bridgehead atoms. The zero-order valence-corrected chi connectivity index (χ0v) is 10.1. The molecule has 1 heteroatoms. The van der Waals surface area contributed by atoms with E-state index in [0.29, 0.717) is 5.54 Å². The first-order valence-corrected chi connectivity index (χ1v) is 6.11. The maximum absolute atomic E-state index is 3.95. The Kier molecular flexibility index (Phi) is 4.18. The SMILES string of the molecule is C=CC1(C)C(CCCCCC)N1CC. The van der Waals surface area contributed by atoms with Gasteiger partial charge in [0.25, 0.3) is 0 Å². The summed E-state index contributed by atoms with van der Waals surface area (Å²) in [5.41, 5.74) is 0.320. The van der Waals surface area contributed by atoms with E-state index < -0.39 is 0 Å². The molecule has 82 valence electrons. The van der Waals surface area contributed by atoms with Crippen molar-refractivity contribution >= 4 is 0 Å². The highest BCUT2D eigenvalue weighted by molar-refractivity contribution is 5.22. The lowest BCUT2D eigenvalue weighted by molar-refractivity contribution is 0.466. The van der Waals surface area contributed by atoms with Gasteiger partial charge in [0.05, 0.1) is 5.54 Å². The van der Waals surface area contributed by atoms with Crippen LogP contribution in [0.1, 0.15) is 52.9 Å². The number of unbranched alkanes of at least 4 members (excludes halogenated alkanes) is 3. The van der Waals surface area contributed by atoms with Crippen LogP contribution < -0.4 is 0 Å². The molecule has 0 aromatic carbocycles. The number of nitrogens with zero attached hydrogens (tertiary/aromatic N) is 1. The average molecular weight is 195 g/mol. The Bertz CT molecular complexity index is 188. The van der Waals surface area contributed by atoms with E-state index in [1.807, 2.05) is 0 Å². The minimum absolute atomic E-state index is 0.320. The van der Waals surface area contributed by atoms with Gasteiger partial charge in [-0.25, -0.2) is 0 Å². The van der Waals surface area contributed by atoms with Crippen LogP contribution in [0.3, 0.4) is 0 Å². The van der Waals surface area contributed by atoms with Crippen LogP contribution in [0, 0.1) is 0 Å². The van der Waals surface area contributed by atoms with Gasteiger partial charge in [-0.15, -0.1) is 6.58 Å². The summed E-state index contributed by atoms with van der Waals surface area (Å²) >= 11 is 0. The normalized spacial score (nSPS) is 35.6. The molecule has 0 saturated carbocycles. The fourth-order valence-corrected chi connectivity index (χ4v) is 2.57. The van der Waals surface area contributed by atoms with E-state index >= 15 is 0 Å². The van der Waals surface area contributed by atoms with Gasteiger partial charge in [-0.05, 0) is 19.9 Å². The summed E-state index contributed by atoms with van der Waals surface area (Å²) in [7, 11) is 0. The van der Waals surface area contributed by atoms with Crippen molar-refractivity contribution in [3.63, 3.8) is 0 Å². The molecule has 0 aromatic rings. The van der Waals surface area contributed by atoms with E-state index in [1.54, 1.807) is 0 Å². The molecular weight excluding hydrogens is 170 g/mol. The lowest BCUT2D eigenvalue weighted by Crippen LogP contribution is -2.09. The largest absolute Gasteiger partial charge is 0.288 e. The van der Waals surface area contributed by atoms with Crippen LogP contribution in [0.25, 0.3) is 0 Å². The summed E-state index contributed by atoms with van der Waals surface area (Å²) in [4.78, 5) is 2.55. The number of hydrogen-bond acceptors (Lipinski definition) is 1. The van der Waals surface area contributed by atoms with Gasteiger partial charge in [0.2, 0.25) is 0 Å². The average Bonchev–Trinajstić information content (AvgIpc) is 2.79. The van der Waals surface area contributed by atoms with Gasteiger partial charge < -0.3 is 0 Å². The third-order valence-corrected chi connectivity index (χ3v) is 3.69. The van der Waals surface area contributed by atoms with Gasteiger partial charge in [0.1, 0.15) is 0 Å². The van der Waals surface area contributed by atoms with E-state index in [9.17, 15) is 0 Å². The van der Waals surface area contributed by atoms with Crippen molar-refractivity contribution in [2.75, 3.05) is 6.54 Å². The van der Waals surface area contributed by atoms with Gasteiger partial charge in [0.15, 0.2) is 0 Å². The topological polar surface area (TPSA) is 3.01 Å². The fourth-order valence-electron chi connectivity index (χ4n) is 2.57. The zero-order chi connectivity index (χ0) is 10.6. The van der Waals surface area contributed by atoms with Crippen molar-refractivity contribution in [3.8, 4) is 0 Å². The van der Waals surface area contributed by atoms with Crippen molar-refractivity contribution in [1.82, 2.24) is 4.90 Å². The predicted molar refractivity (Wildman–Crippen MR) is 63.5 cm³/mol. The summed E-state index contributed by atoms with van der Waals surface area (Å²) < 4.78 is 0. The molecule has 0 radical (unpaired) electrons. The minimum atomic E-state index is 0.320. The molecular formula is C13H25N. The van der Waals surface area contributed by atoms with Crippen molar-refractivity contribution < 1.29 is 0 Å². The van der Waals surface area contributed by atoms with E-state index in [4.69, 9.17) is 0 Å². The molecule has 0 aromatic heterocycles. The first-order chi connectivity index (χ1) is 6.70. The van der Waals surface area contributed by atoms with Crippen LogP contribution in [0.5, 0.6) is 0 Å². The van der Waals surface area contributed by atoms with E-state index in [0.717, 1.165) is 6.04 Å². The summed E-state index contributed by atoms with van der Waals surface area (Å²) in [6, 6.07) is 0.779. The molecule has 14 heavy (non-hydrogen) atoms. The van der Waals surface area contributed by atoms with Gasteiger partial charge in [-0.1, -0.05) is 45.6 Å². The second kappa shape index (κ2) is 4.97. The third-order valence-electron chi connectivity index (χ3n) is 3.69. The summed E-state index contributed by atoms with van der Waals surface area (Å²) in [5, 5.41) is 0. The first-order valence-electron chi connectivity index (χ1n) is 6.11. The summed E-state index contributed by atoms with van der Waals surface area (Å²) in [5.74, 6) is 0. The van der Waals surface area contributed by atoms with Crippen LogP contribution in [0.15, 0.2) is 12.7 Å². The molecule has 0 amide bonds. The number of hydrogen-bond donors (Lipinski definition) is 0. The lowest BCUT2D eigenvalue weighted by atomic mass is 10.0. The molecule has 1 aliphatic rings. The maximum Gasteiger partial charge on any atom is 0.0519 e. The van der Waals surface area contributed by atoms with Crippen LogP contribution in [0.2, 0.25) is 0 Å². The predicted octanol–water partition coefficient (Wildman–Crippen LogP) is 3.61. The van der Waals surface area contributed by atoms with Crippen LogP contribution >= 0.6 is 0 Å². The standard InChI is InChI=1S/C13H25N/c1-5-8-9-10-11-12-13(4,6-2)14(12)7-3/h6,12H,2,5,7-11H2,1,3-4H3. The molecule has 1 fully saturated rings. The molecule has 1 rings (SSSR count). The highest BCUT2D eigenvalue weighted by Crippen LogP contribution is 2.44. The third kappa shape index (κ3) is 2.20. The molecule has 1 aliphatic heterocycles. The van der Waals surface area contributed by atoms with Gasteiger partial charge in [-0.2, -0.15) is 0 Å². The van der Waals surface area contributed by atoms with Gasteiger partial charge in [0, 0.05) is 6.04 Å². The molecule has 1 heterocycles. The zero-order valence-electron chi connectivity index (χ0n) is 10.1. The van der Waals surface area contributed by atoms with Crippen LogP contribution in [0.4, 0.5) is 0 Å². The molecule has 0 spiro atoms. The highest BCUT2D eigenvalue weighted by Gasteiger charge is 2.54. The first kappa shape index (κ1) is 11.8. The van der Waals surface area contributed by atoms with Gasteiger partial charge in [-0.3, -0.25) is 4.90 Å². The van der Waals surface area contributed by atoms with Crippen LogP contribution in [-0.4, -0.2) is 23.0 Å². The maximum atomic E-state index is 3.95. The van der Waals surface area contributed by atoms with Crippen molar-refractivity contribution in [1.29, 1.82) is 0 Å². The lowest BCUT2D eigenvalue weighted by Gasteiger charge is -2.01. The van der Waals surface area contributed by atoms with E-state index in [2.05, 4.69) is 38.3 Å². The van der Waals surface area contributed by atoms with Gasteiger partial charge >= 0.3 is 0 Å². The van der Waals surface area contributed by atoms with Crippen molar-refractivity contribution in [2.45, 2.75) is 64.5 Å². The number of rotatable bonds is 7. The van der Waals surface area contributed by atoms with Crippen molar-refractivity contribution in [2.24, 2.45) is 0 Å². The monoisotopic (exact) mass is 195 g/mol. The Labute approximate surface area is 89.2 Å². The Hall–Kier alpha value is -0.300. The number of likely N-dealkylation sites (N-methyl/N-ethyl adjacent to an activating group) is 1. The Morgan fingerprint density at radius 1 is 1.29 bits per heavy atom.